The standard InChI is InChI=1S/C14H22N4/c1-18-14(16-12(7-15)17-18)13-10-3-8-2-9(5-10)6-11(13)4-8/h8-11,13H,2-7,15H2,1H3. The third kappa shape index (κ3) is 1.48. The maximum atomic E-state index is 5.67. The van der Waals surface area contributed by atoms with Gasteiger partial charge in [0.15, 0.2) is 5.82 Å². The molecule has 98 valence electrons. The maximum Gasteiger partial charge on any atom is 0.164 e. The van der Waals surface area contributed by atoms with E-state index >= 15 is 0 Å². The number of aryl methyl sites for hydroxylation is 1. The molecule has 0 aromatic carbocycles. The van der Waals surface area contributed by atoms with E-state index in [4.69, 9.17) is 10.7 Å². The van der Waals surface area contributed by atoms with Crippen LogP contribution in [0.1, 0.15) is 49.7 Å². The first kappa shape index (κ1) is 11.0. The fraction of sp³-hybridized carbons (Fsp3) is 0.857. The van der Waals surface area contributed by atoms with Crippen molar-refractivity contribution >= 4 is 0 Å². The summed E-state index contributed by atoms with van der Waals surface area (Å²) in [7, 11) is 2.03. The summed E-state index contributed by atoms with van der Waals surface area (Å²) in [5, 5.41) is 4.44. The van der Waals surface area contributed by atoms with Crippen LogP contribution in [0.2, 0.25) is 0 Å². The fourth-order valence-electron chi connectivity index (χ4n) is 5.17. The second kappa shape index (κ2) is 3.80. The molecule has 2 N–H and O–H groups in total. The zero-order valence-electron chi connectivity index (χ0n) is 11.0. The van der Waals surface area contributed by atoms with E-state index in [0.29, 0.717) is 12.5 Å². The van der Waals surface area contributed by atoms with Crippen molar-refractivity contribution in [2.24, 2.45) is 36.5 Å². The summed E-state index contributed by atoms with van der Waals surface area (Å²) in [5.41, 5.74) is 5.67. The zero-order valence-corrected chi connectivity index (χ0v) is 11.0. The van der Waals surface area contributed by atoms with Crippen LogP contribution in [0.5, 0.6) is 0 Å². The Morgan fingerprint density at radius 3 is 2.22 bits per heavy atom. The lowest BCUT2D eigenvalue weighted by molar-refractivity contribution is -0.00678. The number of rotatable bonds is 2. The van der Waals surface area contributed by atoms with Crippen LogP contribution in [0, 0.1) is 23.7 Å². The van der Waals surface area contributed by atoms with E-state index in [1.807, 2.05) is 11.7 Å². The monoisotopic (exact) mass is 246 g/mol. The molecule has 5 rings (SSSR count). The van der Waals surface area contributed by atoms with Crippen molar-refractivity contribution in [1.82, 2.24) is 14.8 Å². The van der Waals surface area contributed by atoms with Gasteiger partial charge in [0.05, 0.1) is 6.54 Å². The summed E-state index contributed by atoms with van der Waals surface area (Å²) in [4.78, 5) is 4.70. The number of hydrogen-bond donors (Lipinski definition) is 1. The Bertz CT molecular complexity index is 436. The SMILES string of the molecule is Cn1nc(CN)nc1C1C2CC3CC(C2)CC1C3. The first-order valence-corrected chi connectivity index (χ1v) is 7.34. The minimum absolute atomic E-state index is 0.459. The van der Waals surface area contributed by atoms with Gasteiger partial charge in [0.2, 0.25) is 0 Å². The van der Waals surface area contributed by atoms with Crippen molar-refractivity contribution in [3.8, 4) is 0 Å². The van der Waals surface area contributed by atoms with Crippen molar-refractivity contribution in [1.29, 1.82) is 0 Å². The Hall–Kier alpha value is -0.900. The van der Waals surface area contributed by atoms with E-state index in [2.05, 4.69) is 5.10 Å². The highest BCUT2D eigenvalue weighted by molar-refractivity contribution is 5.12. The van der Waals surface area contributed by atoms with E-state index in [1.165, 1.54) is 37.9 Å². The minimum Gasteiger partial charge on any atom is -0.324 e. The highest BCUT2D eigenvalue weighted by Crippen LogP contribution is 2.59. The van der Waals surface area contributed by atoms with Crippen LogP contribution in [0.25, 0.3) is 0 Å². The van der Waals surface area contributed by atoms with Gasteiger partial charge >= 0.3 is 0 Å². The molecule has 1 aromatic rings. The van der Waals surface area contributed by atoms with E-state index in [9.17, 15) is 0 Å². The molecule has 18 heavy (non-hydrogen) atoms. The van der Waals surface area contributed by atoms with E-state index in [-0.39, 0.29) is 0 Å². The smallest absolute Gasteiger partial charge is 0.164 e. The van der Waals surface area contributed by atoms with E-state index in [1.54, 1.807) is 0 Å². The molecule has 0 spiro atoms. The molecule has 4 aliphatic carbocycles. The Morgan fingerprint density at radius 1 is 1.11 bits per heavy atom. The number of nitrogens with zero attached hydrogens (tertiary/aromatic N) is 3. The average molecular weight is 246 g/mol. The Kier molecular flexibility index (Phi) is 2.31. The van der Waals surface area contributed by atoms with Crippen molar-refractivity contribution in [2.75, 3.05) is 0 Å². The average Bonchev–Trinajstić information content (AvgIpc) is 2.69. The molecule has 4 bridgehead atoms. The van der Waals surface area contributed by atoms with Crippen LogP contribution < -0.4 is 5.73 Å². The van der Waals surface area contributed by atoms with Gasteiger partial charge in [-0.2, -0.15) is 5.10 Å². The van der Waals surface area contributed by atoms with Crippen molar-refractivity contribution in [3.05, 3.63) is 11.6 Å². The molecule has 0 aliphatic heterocycles. The van der Waals surface area contributed by atoms with Gasteiger partial charge in [-0.25, -0.2) is 4.98 Å². The summed E-state index contributed by atoms with van der Waals surface area (Å²) in [6.45, 7) is 0.459. The largest absolute Gasteiger partial charge is 0.324 e. The zero-order chi connectivity index (χ0) is 12.3. The molecule has 1 aromatic heterocycles. The van der Waals surface area contributed by atoms with Crippen LogP contribution in [0.15, 0.2) is 0 Å². The Labute approximate surface area is 108 Å². The second-order valence-corrected chi connectivity index (χ2v) is 6.67. The molecular formula is C14H22N4. The lowest BCUT2D eigenvalue weighted by Gasteiger charge is -2.53. The predicted octanol–water partition coefficient (Wildman–Crippen LogP) is 1.81. The summed E-state index contributed by atoms with van der Waals surface area (Å²) in [6.07, 6.45) is 7.24. The van der Waals surface area contributed by atoms with Gasteiger partial charge in [-0.15, -0.1) is 0 Å². The molecule has 4 heteroatoms. The molecular weight excluding hydrogens is 224 g/mol. The molecule has 0 saturated heterocycles. The summed E-state index contributed by atoms with van der Waals surface area (Å²) in [5.74, 6) is 6.46. The van der Waals surface area contributed by atoms with E-state index < -0.39 is 0 Å². The van der Waals surface area contributed by atoms with Gasteiger partial charge in [0, 0.05) is 13.0 Å². The summed E-state index contributed by atoms with van der Waals surface area (Å²) >= 11 is 0. The van der Waals surface area contributed by atoms with Crippen LogP contribution in [0.4, 0.5) is 0 Å². The number of aromatic nitrogens is 3. The first-order valence-electron chi connectivity index (χ1n) is 7.34. The van der Waals surface area contributed by atoms with Gasteiger partial charge in [-0.05, 0) is 55.8 Å². The predicted molar refractivity (Wildman–Crippen MR) is 68.7 cm³/mol. The van der Waals surface area contributed by atoms with Crippen LogP contribution in [-0.4, -0.2) is 14.8 Å². The minimum atomic E-state index is 0.459. The molecule has 0 radical (unpaired) electrons. The molecule has 0 unspecified atom stereocenters. The molecule has 4 nitrogen and oxygen atoms in total. The summed E-state index contributed by atoms with van der Waals surface area (Å²) < 4.78 is 2.00. The highest BCUT2D eigenvalue weighted by Gasteiger charge is 2.50. The molecule has 1 heterocycles. The van der Waals surface area contributed by atoms with Gasteiger partial charge in [-0.3, -0.25) is 4.68 Å². The van der Waals surface area contributed by atoms with Crippen LogP contribution in [0.3, 0.4) is 0 Å². The summed E-state index contributed by atoms with van der Waals surface area (Å²) in [6, 6.07) is 0. The number of hydrogen-bond acceptors (Lipinski definition) is 3. The lowest BCUT2D eigenvalue weighted by atomic mass is 9.51. The first-order chi connectivity index (χ1) is 8.74. The van der Waals surface area contributed by atoms with Crippen LogP contribution >= 0.6 is 0 Å². The van der Waals surface area contributed by atoms with Crippen molar-refractivity contribution in [2.45, 2.75) is 44.6 Å². The van der Waals surface area contributed by atoms with E-state index in [0.717, 1.165) is 29.5 Å². The molecule has 0 amide bonds. The van der Waals surface area contributed by atoms with Gasteiger partial charge in [-0.1, -0.05) is 0 Å². The Balaban J connectivity index is 1.69. The van der Waals surface area contributed by atoms with Gasteiger partial charge in [0.25, 0.3) is 0 Å². The third-order valence-electron chi connectivity index (χ3n) is 5.55. The highest BCUT2D eigenvalue weighted by atomic mass is 15.3. The fourth-order valence-corrected chi connectivity index (χ4v) is 5.17. The topological polar surface area (TPSA) is 56.7 Å². The molecule has 4 aliphatic rings. The normalized spacial score (nSPS) is 41.6. The molecule has 4 fully saturated rings. The second-order valence-electron chi connectivity index (χ2n) is 6.67. The van der Waals surface area contributed by atoms with Crippen LogP contribution in [-0.2, 0) is 13.6 Å². The van der Waals surface area contributed by atoms with Crippen molar-refractivity contribution < 1.29 is 0 Å². The molecule has 0 atom stereocenters. The third-order valence-corrected chi connectivity index (χ3v) is 5.55. The van der Waals surface area contributed by atoms with Gasteiger partial charge in [0.1, 0.15) is 5.82 Å². The molecule has 4 saturated carbocycles. The number of nitrogens with two attached hydrogens (primary N) is 1. The quantitative estimate of drug-likeness (QED) is 0.866. The van der Waals surface area contributed by atoms with Crippen molar-refractivity contribution in [3.63, 3.8) is 0 Å². The maximum absolute atomic E-state index is 5.67. The lowest BCUT2D eigenvalue weighted by Crippen LogP contribution is -2.44. The van der Waals surface area contributed by atoms with Gasteiger partial charge < -0.3 is 5.73 Å². The Morgan fingerprint density at radius 2 is 1.72 bits per heavy atom.